The number of hydrogen-bond donors (Lipinski definition) is 1. The van der Waals surface area contributed by atoms with E-state index in [2.05, 4.69) is 25.7 Å². The smallest absolute Gasteiger partial charge is 0.0584 e. The molecular weight excluding hydrogens is 162 g/mol. The van der Waals surface area contributed by atoms with Crippen molar-refractivity contribution < 1.29 is 5.11 Å². The lowest BCUT2D eigenvalue weighted by atomic mass is 9.87. The molecule has 2 heteroatoms. The highest BCUT2D eigenvalue weighted by Gasteiger charge is 2.24. The minimum absolute atomic E-state index is 0.296. The molecule has 1 aliphatic heterocycles. The van der Waals surface area contributed by atoms with E-state index < -0.39 is 0 Å². The number of aliphatic hydroxyl groups is 1. The zero-order valence-electron chi connectivity index (χ0n) is 9.16. The molecule has 2 unspecified atom stereocenters. The maximum absolute atomic E-state index is 9.07. The Morgan fingerprint density at radius 2 is 2.08 bits per heavy atom. The first-order valence-corrected chi connectivity index (χ1v) is 5.50. The van der Waals surface area contributed by atoms with E-state index in [1.807, 2.05) is 0 Å². The van der Waals surface area contributed by atoms with Crippen molar-refractivity contribution in [3.8, 4) is 0 Å². The number of rotatable bonds is 3. The Morgan fingerprint density at radius 1 is 1.38 bits per heavy atom. The first kappa shape index (κ1) is 11.0. The van der Waals surface area contributed by atoms with Crippen LogP contribution in [-0.4, -0.2) is 35.7 Å². The van der Waals surface area contributed by atoms with Gasteiger partial charge in [0.05, 0.1) is 6.61 Å². The zero-order valence-corrected chi connectivity index (χ0v) is 9.16. The molecule has 0 aromatic carbocycles. The molecule has 0 spiro atoms. The van der Waals surface area contributed by atoms with Crippen molar-refractivity contribution in [3.63, 3.8) is 0 Å². The van der Waals surface area contributed by atoms with Crippen molar-refractivity contribution in [1.82, 2.24) is 4.90 Å². The van der Waals surface area contributed by atoms with Gasteiger partial charge in [-0.25, -0.2) is 0 Å². The normalized spacial score (nSPS) is 27.9. The Labute approximate surface area is 81.9 Å². The van der Waals surface area contributed by atoms with Gasteiger partial charge in [-0.3, -0.25) is 4.90 Å². The summed E-state index contributed by atoms with van der Waals surface area (Å²) in [5.41, 5.74) is 0. The molecule has 1 heterocycles. The second-order valence-electron chi connectivity index (χ2n) is 4.67. The number of piperidine rings is 1. The van der Waals surface area contributed by atoms with Gasteiger partial charge < -0.3 is 5.11 Å². The van der Waals surface area contributed by atoms with Crippen LogP contribution in [0.3, 0.4) is 0 Å². The summed E-state index contributed by atoms with van der Waals surface area (Å²) < 4.78 is 0. The summed E-state index contributed by atoms with van der Waals surface area (Å²) in [5.74, 6) is 1.62. The number of likely N-dealkylation sites (tertiary alicyclic amines) is 1. The lowest BCUT2D eigenvalue weighted by Crippen LogP contribution is -2.44. The molecule has 2 atom stereocenters. The molecule has 78 valence electrons. The summed E-state index contributed by atoms with van der Waals surface area (Å²) in [5, 5.41) is 9.07. The Balaban J connectivity index is 2.41. The van der Waals surface area contributed by atoms with Crippen LogP contribution in [0.5, 0.6) is 0 Å². The molecule has 1 aliphatic rings. The molecular formula is C11H23NO. The maximum Gasteiger partial charge on any atom is 0.0584 e. The van der Waals surface area contributed by atoms with Crippen molar-refractivity contribution in [2.24, 2.45) is 11.8 Å². The zero-order chi connectivity index (χ0) is 9.84. The third-order valence-corrected chi connectivity index (χ3v) is 3.32. The van der Waals surface area contributed by atoms with Crippen LogP contribution in [0.15, 0.2) is 0 Å². The molecule has 1 rings (SSSR count). The van der Waals surface area contributed by atoms with Gasteiger partial charge in [0.15, 0.2) is 0 Å². The largest absolute Gasteiger partial charge is 0.395 e. The van der Waals surface area contributed by atoms with Crippen LogP contribution in [0.25, 0.3) is 0 Å². The van der Waals surface area contributed by atoms with Gasteiger partial charge in [0.1, 0.15) is 0 Å². The molecule has 1 fully saturated rings. The highest BCUT2D eigenvalue weighted by Crippen LogP contribution is 2.24. The SMILES string of the molecule is CC(C)C1CCCN(C(C)CO)C1. The minimum atomic E-state index is 0.296. The lowest BCUT2D eigenvalue weighted by Gasteiger charge is -2.37. The summed E-state index contributed by atoms with van der Waals surface area (Å²) in [6, 6.07) is 0.349. The molecule has 0 amide bonds. The van der Waals surface area contributed by atoms with Crippen LogP contribution >= 0.6 is 0 Å². The van der Waals surface area contributed by atoms with Gasteiger partial charge in [0, 0.05) is 12.6 Å². The van der Waals surface area contributed by atoms with Gasteiger partial charge in [0.25, 0.3) is 0 Å². The van der Waals surface area contributed by atoms with Crippen LogP contribution in [0.4, 0.5) is 0 Å². The van der Waals surface area contributed by atoms with Crippen molar-refractivity contribution >= 4 is 0 Å². The minimum Gasteiger partial charge on any atom is -0.395 e. The highest BCUT2D eigenvalue weighted by molar-refractivity contribution is 4.78. The number of hydrogen-bond acceptors (Lipinski definition) is 2. The first-order chi connectivity index (χ1) is 6.15. The van der Waals surface area contributed by atoms with E-state index in [4.69, 9.17) is 5.11 Å². The Kier molecular flexibility index (Phi) is 4.20. The lowest BCUT2D eigenvalue weighted by molar-refractivity contribution is 0.0757. The van der Waals surface area contributed by atoms with Gasteiger partial charge in [-0.2, -0.15) is 0 Å². The third kappa shape index (κ3) is 2.96. The average Bonchev–Trinajstić information content (AvgIpc) is 2.17. The molecule has 0 saturated carbocycles. The Hall–Kier alpha value is -0.0800. The fourth-order valence-electron chi connectivity index (χ4n) is 2.10. The Morgan fingerprint density at radius 3 is 2.62 bits per heavy atom. The molecule has 2 nitrogen and oxygen atoms in total. The summed E-state index contributed by atoms with van der Waals surface area (Å²) >= 11 is 0. The van der Waals surface area contributed by atoms with Crippen LogP contribution in [0.1, 0.15) is 33.6 Å². The second-order valence-corrected chi connectivity index (χ2v) is 4.67. The molecule has 0 aliphatic carbocycles. The average molecular weight is 185 g/mol. The van der Waals surface area contributed by atoms with Gasteiger partial charge in [-0.05, 0) is 38.1 Å². The van der Waals surface area contributed by atoms with Crippen molar-refractivity contribution in [2.45, 2.75) is 39.7 Å². The highest BCUT2D eigenvalue weighted by atomic mass is 16.3. The molecule has 1 saturated heterocycles. The fourth-order valence-corrected chi connectivity index (χ4v) is 2.10. The van der Waals surface area contributed by atoms with Crippen molar-refractivity contribution in [2.75, 3.05) is 19.7 Å². The standard InChI is InChI=1S/C11H23NO/c1-9(2)11-5-4-6-12(7-11)10(3)8-13/h9-11,13H,4-8H2,1-3H3. The van der Waals surface area contributed by atoms with E-state index >= 15 is 0 Å². The number of aliphatic hydroxyl groups excluding tert-OH is 1. The molecule has 1 N–H and O–H groups in total. The quantitative estimate of drug-likeness (QED) is 0.724. The van der Waals surface area contributed by atoms with Crippen LogP contribution < -0.4 is 0 Å². The third-order valence-electron chi connectivity index (χ3n) is 3.32. The van der Waals surface area contributed by atoms with Gasteiger partial charge in [-0.15, -0.1) is 0 Å². The van der Waals surface area contributed by atoms with E-state index in [-0.39, 0.29) is 0 Å². The van der Waals surface area contributed by atoms with Crippen LogP contribution in [-0.2, 0) is 0 Å². The van der Waals surface area contributed by atoms with Crippen LogP contribution in [0, 0.1) is 11.8 Å². The Bertz CT molecular complexity index is 147. The van der Waals surface area contributed by atoms with E-state index in [0.29, 0.717) is 12.6 Å². The van der Waals surface area contributed by atoms with Crippen molar-refractivity contribution in [1.29, 1.82) is 0 Å². The molecule has 13 heavy (non-hydrogen) atoms. The maximum atomic E-state index is 9.07. The summed E-state index contributed by atoms with van der Waals surface area (Å²) in [4.78, 5) is 2.42. The molecule has 0 radical (unpaired) electrons. The van der Waals surface area contributed by atoms with Gasteiger partial charge >= 0.3 is 0 Å². The topological polar surface area (TPSA) is 23.5 Å². The molecule has 0 bridgehead atoms. The first-order valence-electron chi connectivity index (χ1n) is 5.50. The van der Waals surface area contributed by atoms with Crippen LogP contribution in [0.2, 0.25) is 0 Å². The molecule has 0 aromatic heterocycles. The predicted molar refractivity (Wildman–Crippen MR) is 55.7 cm³/mol. The van der Waals surface area contributed by atoms with E-state index in [9.17, 15) is 0 Å². The second kappa shape index (κ2) is 4.97. The van der Waals surface area contributed by atoms with E-state index in [1.54, 1.807) is 0 Å². The monoisotopic (exact) mass is 185 g/mol. The summed E-state index contributed by atoms with van der Waals surface area (Å²) in [7, 11) is 0. The van der Waals surface area contributed by atoms with E-state index in [1.165, 1.54) is 25.9 Å². The predicted octanol–water partition coefficient (Wildman–Crippen LogP) is 1.74. The molecule has 0 aromatic rings. The van der Waals surface area contributed by atoms with Gasteiger partial charge in [-0.1, -0.05) is 13.8 Å². The van der Waals surface area contributed by atoms with E-state index in [0.717, 1.165) is 11.8 Å². The number of nitrogens with zero attached hydrogens (tertiary/aromatic N) is 1. The summed E-state index contributed by atoms with van der Waals surface area (Å²) in [6.07, 6.45) is 2.67. The van der Waals surface area contributed by atoms with Gasteiger partial charge in [0.2, 0.25) is 0 Å². The summed E-state index contributed by atoms with van der Waals surface area (Å²) in [6.45, 7) is 9.37. The van der Waals surface area contributed by atoms with Crippen molar-refractivity contribution in [3.05, 3.63) is 0 Å². The fraction of sp³-hybridized carbons (Fsp3) is 1.00.